The van der Waals surface area contributed by atoms with Crippen molar-refractivity contribution in [2.75, 3.05) is 17.5 Å². The number of rotatable bonds is 6. The minimum atomic E-state index is -3.82. The maximum Gasteiger partial charge on any atom is 0.255 e. The second-order valence-electron chi connectivity index (χ2n) is 10.4. The van der Waals surface area contributed by atoms with Crippen LogP contribution in [-0.4, -0.2) is 36.7 Å². The Morgan fingerprint density at radius 3 is 2.56 bits per heavy atom. The third-order valence-corrected chi connectivity index (χ3v) is 9.01. The molecule has 0 bridgehead atoms. The Labute approximate surface area is 254 Å². The van der Waals surface area contributed by atoms with Gasteiger partial charge in [0, 0.05) is 35.5 Å². The zero-order valence-electron chi connectivity index (χ0n) is 23.7. The van der Waals surface area contributed by atoms with Crippen LogP contribution in [0.1, 0.15) is 17.3 Å². The van der Waals surface area contributed by atoms with Crippen LogP contribution < -0.4 is 14.8 Å². The van der Waals surface area contributed by atoms with Crippen molar-refractivity contribution in [3.8, 4) is 39.7 Å². The molecule has 13 heteroatoms. The fourth-order valence-electron chi connectivity index (χ4n) is 5.51. The van der Waals surface area contributed by atoms with Gasteiger partial charge in [-0.25, -0.2) is 26.6 Å². The smallest absolute Gasteiger partial charge is 0.255 e. The lowest BCUT2D eigenvalue weighted by molar-refractivity contribution is 0.0964. The predicted octanol–water partition coefficient (Wildman–Crippen LogP) is 6.67. The van der Waals surface area contributed by atoms with Gasteiger partial charge < -0.3 is 19.0 Å². The normalized spacial score (nSPS) is 12.6. The summed E-state index contributed by atoms with van der Waals surface area (Å²) in [5.74, 6) is -2.74. The number of benzene rings is 3. The standard InChI is InChI=1S/C32H23F3N4O5S/c1-3-45(41,42)38-24-14-28-20(29(32(40)36-2)31(44-28)17-8-7-16(33)11-22(17)35)12-19(24)23-9-10-27-30(37-23)26-13-18-21(34)5-4-6-25(18)39(26)15-43-27/h4-14,38H,3,15H2,1-2H3,(H,36,40). The maximum absolute atomic E-state index is 14.9. The zero-order chi connectivity index (χ0) is 31.6. The molecule has 9 nitrogen and oxygen atoms in total. The van der Waals surface area contributed by atoms with E-state index in [2.05, 4.69) is 10.0 Å². The summed E-state index contributed by atoms with van der Waals surface area (Å²) in [5.41, 5.74) is 2.14. The molecule has 1 aliphatic rings. The lowest BCUT2D eigenvalue weighted by Crippen LogP contribution is -2.18. The number of furan rings is 1. The first kappa shape index (κ1) is 28.5. The van der Waals surface area contributed by atoms with Crippen LogP contribution in [0.3, 0.4) is 0 Å². The van der Waals surface area contributed by atoms with Gasteiger partial charge in [0.05, 0.1) is 39.5 Å². The van der Waals surface area contributed by atoms with Gasteiger partial charge in [0.15, 0.2) is 12.5 Å². The topological polar surface area (TPSA) is 115 Å². The average Bonchev–Trinajstić information content (AvgIpc) is 3.59. The molecule has 2 N–H and O–H groups in total. The summed E-state index contributed by atoms with van der Waals surface area (Å²) in [6, 6.07) is 15.5. The van der Waals surface area contributed by atoms with E-state index in [-0.39, 0.29) is 51.6 Å². The van der Waals surface area contributed by atoms with E-state index in [1.54, 1.807) is 34.9 Å². The highest BCUT2D eigenvalue weighted by Gasteiger charge is 2.28. The van der Waals surface area contributed by atoms with Crippen molar-refractivity contribution in [3.63, 3.8) is 0 Å². The van der Waals surface area contributed by atoms with E-state index < -0.39 is 33.4 Å². The van der Waals surface area contributed by atoms with Crippen LogP contribution in [-0.2, 0) is 16.8 Å². The summed E-state index contributed by atoms with van der Waals surface area (Å²) in [6.45, 7) is 1.61. The third kappa shape index (κ3) is 4.67. The van der Waals surface area contributed by atoms with E-state index in [9.17, 15) is 26.4 Å². The third-order valence-electron chi connectivity index (χ3n) is 7.72. The largest absolute Gasteiger partial charge is 0.470 e. The second-order valence-corrected chi connectivity index (χ2v) is 12.4. The van der Waals surface area contributed by atoms with Gasteiger partial charge in [0.1, 0.15) is 34.5 Å². The highest BCUT2D eigenvalue weighted by atomic mass is 32.2. The van der Waals surface area contributed by atoms with Gasteiger partial charge in [0.2, 0.25) is 10.0 Å². The Kier molecular flexibility index (Phi) is 6.58. The molecular weight excluding hydrogens is 609 g/mol. The molecule has 0 radical (unpaired) electrons. The first-order chi connectivity index (χ1) is 21.6. The zero-order valence-corrected chi connectivity index (χ0v) is 24.6. The molecular formula is C32H23F3N4O5S. The molecule has 4 heterocycles. The summed E-state index contributed by atoms with van der Waals surface area (Å²) in [7, 11) is -2.43. The SMILES string of the molecule is CCS(=O)(=O)Nc1cc2oc(-c3ccc(F)cc3F)c(C(=O)NC)c2cc1-c1ccc2c(n1)-c1cc3c(F)cccc3n1CO2. The summed E-state index contributed by atoms with van der Waals surface area (Å²) in [4.78, 5) is 18.0. The van der Waals surface area contributed by atoms with E-state index >= 15 is 0 Å². The lowest BCUT2D eigenvalue weighted by Gasteiger charge is -2.21. The van der Waals surface area contributed by atoms with Gasteiger partial charge >= 0.3 is 0 Å². The van der Waals surface area contributed by atoms with Crippen LogP contribution in [0.15, 0.2) is 71.1 Å². The van der Waals surface area contributed by atoms with Crippen LogP contribution in [0, 0.1) is 17.5 Å². The highest BCUT2D eigenvalue weighted by Crippen LogP contribution is 2.43. The number of pyridine rings is 1. The Balaban J connectivity index is 1.48. The van der Waals surface area contributed by atoms with E-state index in [4.69, 9.17) is 14.1 Å². The summed E-state index contributed by atoms with van der Waals surface area (Å²) >= 11 is 0. The number of nitrogens with one attached hydrogen (secondary N) is 2. The molecule has 0 aliphatic carbocycles. The number of anilines is 1. The van der Waals surface area contributed by atoms with E-state index in [0.29, 0.717) is 39.8 Å². The summed E-state index contributed by atoms with van der Waals surface area (Å²) < 4.78 is 85.0. The maximum atomic E-state index is 14.9. The number of halogens is 3. The summed E-state index contributed by atoms with van der Waals surface area (Å²) in [5, 5.41) is 3.14. The number of aromatic nitrogens is 2. The molecule has 0 saturated carbocycles. The molecule has 3 aromatic carbocycles. The van der Waals surface area contributed by atoms with Gasteiger partial charge in [-0.05, 0) is 55.5 Å². The highest BCUT2D eigenvalue weighted by molar-refractivity contribution is 7.92. The quantitative estimate of drug-likeness (QED) is 0.212. The summed E-state index contributed by atoms with van der Waals surface area (Å²) in [6.07, 6.45) is 0. The lowest BCUT2D eigenvalue weighted by atomic mass is 10.0. The van der Waals surface area contributed by atoms with Crippen LogP contribution in [0.4, 0.5) is 18.9 Å². The number of carbonyl (C=O) groups is 1. The van der Waals surface area contributed by atoms with Crippen molar-refractivity contribution >= 4 is 43.5 Å². The molecule has 228 valence electrons. The molecule has 0 saturated heterocycles. The first-order valence-electron chi connectivity index (χ1n) is 13.8. The van der Waals surface area contributed by atoms with Crippen molar-refractivity contribution < 1.29 is 35.5 Å². The van der Waals surface area contributed by atoms with E-state index in [0.717, 1.165) is 12.1 Å². The number of hydrogen-bond acceptors (Lipinski definition) is 6. The first-order valence-corrected chi connectivity index (χ1v) is 15.4. The molecule has 0 unspecified atom stereocenters. The number of hydrogen-bond donors (Lipinski definition) is 2. The number of ether oxygens (including phenoxy) is 1. The van der Waals surface area contributed by atoms with Crippen LogP contribution >= 0.6 is 0 Å². The number of fused-ring (bicyclic) bond motifs is 6. The molecule has 0 atom stereocenters. The Morgan fingerprint density at radius 1 is 0.978 bits per heavy atom. The Morgan fingerprint density at radius 2 is 1.80 bits per heavy atom. The predicted molar refractivity (Wildman–Crippen MR) is 163 cm³/mol. The number of amides is 1. The number of nitrogens with zero attached hydrogens (tertiary/aromatic N) is 2. The molecule has 0 fully saturated rings. The van der Waals surface area contributed by atoms with E-state index in [1.807, 2.05) is 0 Å². The van der Waals surface area contributed by atoms with Gasteiger partial charge in [-0.3, -0.25) is 9.52 Å². The van der Waals surface area contributed by atoms with Gasteiger partial charge in [-0.1, -0.05) is 6.07 Å². The Hall–Kier alpha value is -5.30. The molecule has 0 spiro atoms. The van der Waals surface area contributed by atoms with Crippen molar-refractivity contribution in [2.24, 2.45) is 0 Å². The average molecular weight is 633 g/mol. The fraction of sp³-hybridized carbons (Fsp3) is 0.125. The fourth-order valence-corrected chi connectivity index (χ4v) is 6.15. The Bertz CT molecular complexity index is 2310. The minimum absolute atomic E-state index is 0.0407. The van der Waals surface area contributed by atoms with E-state index in [1.165, 1.54) is 32.2 Å². The van der Waals surface area contributed by atoms with Crippen LogP contribution in [0.5, 0.6) is 5.75 Å². The van der Waals surface area contributed by atoms with Gasteiger partial charge in [-0.2, -0.15) is 0 Å². The second kappa shape index (κ2) is 10.4. The van der Waals surface area contributed by atoms with Crippen LogP contribution in [0.2, 0.25) is 0 Å². The minimum Gasteiger partial charge on any atom is -0.470 e. The monoisotopic (exact) mass is 632 g/mol. The van der Waals surface area contributed by atoms with Crippen molar-refractivity contribution in [1.82, 2.24) is 14.9 Å². The molecule has 6 aromatic rings. The molecule has 7 rings (SSSR count). The van der Waals surface area contributed by atoms with Crippen molar-refractivity contribution in [3.05, 3.63) is 89.7 Å². The van der Waals surface area contributed by atoms with Gasteiger partial charge in [-0.15, -0.1) is 0 Å². The molecule has 1 amide bonds. The molecule has 45 heavy (non-hydrogen) atoms. The van der Waals surface area contributed by atoms with Crippen molar-refractivity contribution in [1.29, 1.82) is 0 Å². The van der Waals surface area contributed by atoms with Crippen LogP contribution in [0.25, 0.3) is 55.8 Å². The number of sulfonamides is 1. The molecule has 1 aliphatic heterocycles. The molecule has 3 aromatic heterocycles. The van der Waals surface area contributed by atoms with Crippen molar-refractivity contribution in [2.45, 2.75) is 13.7 Å². The van der Waals surface area contributed by atoms with Gasteiger partial charge in [0.25, 0.3) is 5.91 Å². The number of carbonyl (C=O) groups excluding carboxylic acids is 1.